The van der Waals surface area contributed by atoms with Crippen LogP contribution >= 0.6 is 11.3 Å². The van der Waals surface area contributed by atoms with Crippen molar-refractivity contribution < 1.29 is 8.42 Å². The van der Waals surface area contributed by atoms with E-state index in [9.17, 15) is 8.42 Å². The number of rotatable bonds is 8. The highest BCUT2D eigenvalue weighted by Gasteiger charge is 2.08. The summed E-state index contributed by atoms with van der Waals surface area (Å²) in [5.74, 6) is 0.154. The lowest BCUT2D eigenvalue weighted by Crippen LogP contribution is -2.28. The van der Waals surface area contributed by atoms with Gasteiger partial charge < -0.3 is 5.73 Å². The fourth-order valence-corrected chi connectivity index (χ4v) is 2.94. The fraction of sp³-hybridized carbons (Fsp3) is 0.667. The number of aromatic nitrogens is 1. The molecule has 0 atom stereocenters. The van der Waals surface area contributed by atoms with Crippen molar-refractivity contribution in [3.8, 4) is 0 Å². The summed E-state index contributed by atoms with van der Waals surface area (Å²) >= 11 is 1.51. The maximum absolute atomic E-state index is 11.5. The van der Waals surface area contributed by atoms with Crippen molar-refractivity contribution in [1.82, 2.24) is 9.71 Å². The molecule has 0 fully saturated rings. The molecule has 0 bridgehead atoms. The summed E-state index contributed by atoms with van der Waals surface area (Å²) in [6.45, 7) is 0.947. The predicted octanol–water partition coefficient (Wildman–Crippen LogP) is 0.344. The van der Waals surface area contributed by atoms with E-state index in [-0.39, 0.29) is 5.75 Å². The highest BCUT2D eigenvalue weighted by Crippen LogP contribution is 2.01. The number of thiazole rings is 1. The Hall–Kier alpha value is -0.500. The van der Waals surface area contributed by atoms with Crippen molar-refractivity contribution in [1.29, 1.82) is 0 Å². The molecule has 0 amide bonds. The molecule has 0 aliphatic heterocycles. The standard InChI is InChI=1S/C9H17N3O2S2/c10-4-1-2-6-16(13,14)12-5-3-9-7-15-8-11-9/h7-8,12H,1-6,10H2. The van der Waals surface area contributed by atoms with E-state index in [0.29, 0.717) is 25.9 Å². The van der Waals surface area contributed by atoms with Crippen LogP contribution in [-0.4, -0.2) is 32.2 Å². The fourth-order valence-electron chi connectivity index (χ4n) is 1.20. The first-order chi connectivity index (χ1) is 7.64. The Kier molecular flexibility index (Phi) is 5.89. The van der Waals surface area contributed by atoms with Gasteiger partial charge in [0.1, 0.15) is 0 Å². The molecule has 3 N–H and O–H groups in total. The number of unbranched alkanes of at least 4 members (excludes halogenated alkanes) is 1. The minimum atomic E-state index is -3.14. The van der Waals surface area contributed by atoms with Gasteiger partial charge in [-0.25, -0.2) is 18.1 Å². The molecular weight excluding hydrogens is 246 g/mol. The average Bonchev–Trinajstić information content (AvgIpc) is 2.70. The second-order valence-corrected chi connectivity index (χ2v) is 6.08. The van der Waals surface area contributed by atoms with Crippen molar-refractivity contribution >= 4 is 21.4 Å². The third kappa shape index (κ3) is 5.55. The van der Waals surface area contributed by atoms with Gasteiger partial charge in [0.25, 0.3) is 0 Å². The molecule has 0 aromatic carbocycles. The molecule has 0 radical (unpaired) electrons. The Morgan fingerprint density at radius 2 is 2.25 bits per heavy atom. The zero-order valence-corrected chi connectivity index (χ0v) is 10.7. The SMILES string of the molecule is NCCCCS(=O)(=O)NCCc1cscn1. The summed E-state index contributed by atoms with van der Waals surface area (Å²) in [6.07, 6.45) is 2.00. The average molecular weight is 263 g/mol. The van der Waals surface area contributed by atoms with Crippen LogP contribution < -0.4 is 10.5 Å². The molecule has 1 aromatic rings. The molecule has 0 spiro atoms. The first-order valence-corrected chi connectivity index (χ1v) is 7.78. The lowest BCUT2D eigenvalue weighted by molar-refractivity contribution is 0.577. The molecule has 5 nitrogen and oxygen atoms in total. The van der Waals surface area contributed by atoms with E-state index in [1.165, 1.54) is 11.3 Å². The molecule has 7 heteroatoms. The highest BCUT2D eigenvalue weighted by atomic mass is 32.2. The van der Waals surface area contributed by atoms with Crippen molar-refractivity contribution in [2.24, 2.45) is 5.73 Å². The largest absolute Gasteiger partial charge is 0.330 e. The number of sulfonamides is 1. The Morgan fingerprint density at radius 1 is 1.44 bits per heavy atom. The monoisotopic (exact) mass is 263 g/mol. The maximum atomic E-state index is 11.5. The molecule has 1 rings (SSSR count). The predicted molar refractivity (Wildman–Crippen MR) is 65.9 cm³/mol. The quantitative estimate of drug-likeness (QED) is 0.663. The van der Waals surface area contributed by atoms with Crippen LogP contribution in [0.4, 0.5) is 0 Å². The van der Waals surface area contributed by atoms with Crippen LogP contribution in [0.1, 0.15) is 18.5 Å². The van der Waals surface area contributed by atoms with Crippen LogP contribution in [0.5, 0.6) is 0 Å². The van der Waals surface area contributed by atoms with Gasteiger partial charge in [-0.1, -0.05) is 0 Å². The molecule has 92 valence electrons. The van der Waals surface area contributed by atoms with Crippen molar-refractivity contribution in [2.75, 3.05) is 18.8 Å². The first-order valence-electron chi connectivity index (χ1n) is 5.18. The molecule has 0 saturated carbocycles. The number of hydrogen-bond donors (Lipinski definition) is 2. The zero-order chi connectivity index (χ0) is 11.9. The normalized spacial score (nSPS) is 11.8. The first kappa shape index (κ1) is 13.6. The summed E-state index contributed by atoms with van der Waals surface area (Å²) in [5.41, 5.74) is 7.97. The zero-order valence-electron chi connectivity index (χ0n) is 9.05. The lowest BCUT2D eigenvalue weighted by Gasteiger charge is -2.04. The van der Waals surface area contributed by atoms with Gasteiger partial charge in [-0.2, -0.15) is 0 Å². The maximum Gasteiger partial charge on any atom is 0.211 e. The van der Waals surface area contributed by atoms with Crippen molar-refractivity contribution in [3.05, 3.63) is 16.6 Å². The molecular formula is C9H17N3O2S2. The Bertz CT molecular complexity index is 375. The number of nitrogens with two attached hydrogens (primary N) is 1. The third-order valence-corrected chi connectivity index (χ3v) is 4.16. The summed E-state index contributed by atoms with van der Waals surface area (Å²) in [4.78, 5) is 4.08. The molecule has 1 heterocycles. The van der Waals surface area contributed by atoms with E-state index in [0.717, 1.165) is 12.1 Å². The van der Waals surface area contributed by atoms with Crippen LogP contribution in [0.3, 0.4) is 0 Å². The smallest absolute Gasteiger partial charge is 0.211 e. The van der Waals surface area contributed by atoms with Gasteiger partial charge in [0.05, 0.1) is 17.0 Å². The Labute approximate surface area is 100 Å². The Balaban J connectivity index is 2.20. The van der Waals surface area contributed by atoms with Crippen LogP contribution in [0.25, 0.3) is 0 Å². The van der Waals surface area contributed by atoms with Gasteiger partial charge in [-0.15, -0.1) is 11.3 Å². The van der Waals surface area contributed by atoms with Gasteiger partial charge in [0.15, 0.2) is 0 Å². The van der Waals surface area contributed by atoms with Gasteiger partial charge in [-0.3, -0.25) is 0 Å². The highest BCUT2D eigenvalue weighted by molar-refractivity contribution is 7.89. The summed E-state index contributed by atoms with van der Waals surface area (Å²) in [6, 6.07) is 0. The van der Waals surface area contributed by atoms with Gasteiger partial charge in [0.2, 0.25) is 10.0 Å². The topological polar surface area (TPSA) is 85.1 Å². The van der Waals surface area contributed by atoms with Crippen LogP contribution in [-0.2, 0) is 16.4 Å². The minimum Gasteiger partial charge on any atom is -0.330 e. The third-order valence-electron chi connectivity index (χ3n) is 2.05. The number of nitrogens with one attached hydrogen (secondary N) is 1. The van der Waals surface area contributed by atoms with Gasteiger partial charge in [-0.05, 0) is 19.4 Å². The minimum absolute atomic E-state index is 0.154. The van der Waals surface area contributed by atoms with Crippen molar-refractivity contribution in [3.63, 3.8) is 0 Å². The van der Waals surface area contributed by atoms with E-state index in [4.69, 9.17) is 5.73 Å². The van der Waals surface area contributed by atoms with Crippen LogP contribution in [0, 0.1) is 0 Å². The van der Waals surface area contributed by atoms with E-state index in [2.05, 4.69) is 9.71 Å². The van der Waals surface area contributed by atoms with Crippen molar-refractivity contribution in [2.45, 2.75) is 19.3 Å². The van der Waals surface area contributed by atoms with Gasteiger partial charge in [0, 0.05) is 18.3 Å². The lowest BCUT2D eigenvalue weighted by atomic mass is 10.3. The molecule has 0 aliphatic carbocycles. The van der Waals surface area contributed by atoms with Gasteiger partial charge >= 0.3 is 0 Å². The molecule has 1 aromatic heterocycles. The van der Waals surface area contributed by atoms with E-state index < -0.39 is 10.0 Å². The second-order valence-electron chi connectivity index (χ2n) is 3.44. The second kappa shape index (κ2) is 6.95. The van der Waals surface area contributed by atoms with E-state index in [1.807, 2.05) is 5.38 Å². The van der Waals surface area contributed by atoms with E-state index >= 15 is 0 Å². The van der Waals surface area contributed by atoms with Crippen LogP contribution in [0.15, 0.2) is 10.9 Å². The van der Waals surface area contributed by atoms with E-state index in [1.54, 1.807) is 5.51 Å². The van der Waals surface area contributed by atoms with Crippen LogP contribution in [0.2, 0.25) is 0 Å². The summed E-state index contributed by atoms with van der Waals surface area (Å²) in [7, 11) is -3.14. The Morgan fingerprint density at radius 3 is 2.88 bits per heavy atom. The number of nitrogens with zero attached hydrogens (tertiary/aromatic N) is 1. The summed E-state index contributed by atoms with van der Waals surface area (Å²) < 4.78 is 25.5. The molecule has 16 heavy (non-hydrogen) atoms. The molecule has 0 saturated heterocycles. The summed E-state index contributed by atoms with van der Waals surface area (Å²) in [5, 5.41) is 1.92. The number of hydrogen-bond acceptors (Lipinski definition) is 5. The molecule has 0 unspecified atom stereocenters. The molecule has 0 aliphatic rings.